The van der Waals surface area contributed by atoms with Gasteiger partial charge in [0, 0.05) is 31.2 Å². The molecule has 25 heavy (non-hydrogen) atoms. The molecular formula is C15H17N5O4S. The van der Waals surface area contributed by atoms with Crippen molar-refractivity contribution < 1.29 is 14.5 Å². The van der Waals surface area contributed by atoms with E-state index < -0.39 is 4.92 Å². The van der Waals surface area contributed by atoms with Gasteiger partial charge in [0.1, 0.15) is 0 Å². The van der Waals surface area contributed by atoms with Gasteiger partial charge in [0.15, 0.2) is 16.8 Å². The largest absolute Gasteiger partial charge is 0.349 e. The molecule has 1 heterocycles. The minimum Gasteiger partial charge on any atom is -0.349 e. The smallest absolute Gasteiger partial charge is 0.270 e. The summed E-state index contributed by atoms with van der Waals surface area (Å²) in [7, 11) is 0. The van der Waals surface area contributed by atoms with Crippen molar-refractivity contribution in [3.8, 4) is 0 Å². The maximum atomic E-state index is 12.3. The van der Waals surface area contributed by atoms with Crippen molar-refractivity contribution in [2.75, 3.05) is 5.75 Å². The van der Waals surface area contributed by atoms with Gasteiger partial charge >= 0.3 is 0 Å². The Kier molecular flexibility index (Phi) is 6.23. The highest BCUT2D eigenvalue weighted by Crippen LogP contribution is 2.20. The van der Waals surface area contributed by atoms with E-state index in [-0.39, 0.29) is 35.2 Å². The number of carbonyl (C=O) groups is 2. The minimum absolute atomic E-state index is 0.0828. The molecule has 0 atom stereocenters. The number of nitro benzene ring substituents is 1. The monoisotopic (exact) mass is 363 g/mol. The number of Topliss-reactive ketones (excluding diaryl/α,β-unsaturated/α-hetero) is 1. The Bertz CT molecular complexity index is 805. The fourth-order valence-corrected chi connectivity index (χ4v) is 3.00. The normalized spacial score (nSPS) is 10.5. The number of carbonyl (C=O) groups excluding carboxylic acids is 2. The van der Waals surface area contributed by atoms with E-state index in [2.05, 4.69) is 15.5 Å². The summed E-state index contributed by atoms with van der Waals surface area (Å²) in [6.45, 7) is 4.18. The highest BCUT2D eigenvalue weighted by molar-refractivity contribution is 7.99. The van der Waals surface area contributed by atoms with Crippen molar-refractivity contribution in [3.05, 3.63) is 45.8 Å². The molecule has 0 aliphatic carbocycles. The van der Waals surface area contributed by atoms with Crippen LogP contribution >= 0.6 is 11.8 Å². The average molecular weight is 363 g/mol. The minimum atomic E-state index is -0.536. The zero-order valence-corrected chi connectivity index (χ0v) is 14.6. The van der Waals surface area contributed by atoms with E-state index in [0.717, 1.165) is 0 Å². The van der Waals surface area contributed by atoms with Crippen LogP contribution in [-0.2, 0) is 17.9 Å². The lowest BCUT2D eigenvalue weighted by Gasteiger charge is -2.07. The topological polar surface area (TPSA) is 120 Å². The molecule has 0 radical (unpaired) electrons. The number of nitrogens with one attached hydrogen (secondary N) is 1. The fourth-order valence-electron chi connectivity index (χ4n) is 2.08. The van der Waals surface area contributed by atoms with Crippen molar-refractivity contribution >= 4 is 29.1 Å². The van der Waals surface area contributed by atoms with Gasteiger partial charge in [-0.3, -0.25) is 19.7 Å². The third kappa shape index (κ3) is 4.86. The summed E-state index contributed by atoms with van der Waals surface area (Å²) in [6.07, 6.45) is 0. The zero-order chi connectivity index (χ0) is 18.4. The number of hydrogen-bond donors (Lipinski definition) is 1. The molecule has 0 spiro atoms. The predicted molar refractivity (Wildman–Crippen MR) is 91.4 cm³/mol. The number of aromatic nitrogens is 3. The second kappa shape index (κ2) is 8.38. The third-order valence-electron chi connectivity index (χ3n) is 3.32. The zero-order valence-electron chi connectivity index (χ0n) is 13.8. The second-order valence-electron chi connectivity index (χ2n) is 5.07. The Morgan fingerprint density at radius 2 is 2.12 bits per heavy atom. The molecule has 0 fully saturated rings. The van der Waals surface area contributed by atoms with Crippen molar-refractivity contribution in [1.29, 1.82) is 0 Å². The van der Waals surface area contributed by atoms with Crippen LogP contribution in [0.2, 0.25) is 0 Å². The van der Waals surface area contributed by atoms with Crippen LogP contribution in [0.15, 0.2) is 29.4 Å². The molecule has 0 bridgehead atoms. The number of rotatable bonds is 8. The summed E-state index contributed by atoms with van der Waals surface area (Å²) in [5, 5.41) is 22.1. The van der Waals surface area contributed by atoms with Crippen LogP contribution in [0.25, 0.3) is 0 Å². The van der Waals surface area contributed by atoms with Crippen LogP contribution < -0.4 is 5.32 Å². The van der Waals surface area contributed by atoms with Crippen molar-refractivity contribution in [3.63, 3.8) is 0 Å². The first-order chi connectivity index (χ1) is 11.9. The first kappa shape index (κ1) is 18.6. The molecule has 1 amide bonds. The number of nitrogens with zero attached hydrogens (tertiary/aromatic N) is 4. The summed E-state index contributed by atoms with van der Waals surface area (Å²) in [5.41, 5.74) is 0.160. The molecule has 0 aliphatic rings. The molecule has 0 saturated heterocycles. The maximum absolute atomic E-state index is 12.3. The van der Waals surface area contributed by atoms with Crippen LogP contribution in [0.1, 0.15) is 30.0 Å². The molecular weight excluding hydrogens is 346 g/mol. The number of ketones is 1. The van der Waals surface area contributed by atoms with E-state index in [1.54, 1.807) is 10.6 Å². The van der Waals surface area contributed by atoms with Gasteiger partial charge in [-0.2, -0.15) is 0 Å². The highest BCUT2D eigenvalue weighted by atomic mass is 32.2. The predicted octanol–water partition coefficient (Wildman–Crippen LogP) is 1.82. The van der Waals surface area contributed by atoms with E-state index in [4.69, 9.17) is 0 Å². The van der Waals surface area contributed by atoms with Crippen LogP contribution in [0.5, 0.6) is 0 Å². The van der Waals surface area contributed by atoms with Crippen LogP contribution in [-0.4, -0.2) is 37.1 Å². The van der Waals surface area contributed by atoms with Gasteiger partial charge < -0.3 is 9.88 Å². The Hall–Kier alpha value is -2.75. The maximum Gasteiger partial charge on any atom is 0.270 e. The number of nitro groups is 1. The van der Waals surface area contributed by atoms with Crippen LogP contribution in [0.3, 0.4) is 0 Å². The summed E-state index contributed by atoms with van der Waals surface area (Å²) in [4.78, 5) is 33.5. The highest BCUT2D eigenvalue weighted by Gasteiger charge is 2.16. The van der Waals surface area contributed by atoms with E-state index >= 15 is 0 Å². The number of amides is 1. The Morgan fingerprint density at radius 3 is 2.76 bits per heavy atom. The third-order valence-corrected chi connectivity index (χ3v) is 4.28. The molecule has 1 aromatic heterocycles. The van der Waals surface area contributed by atoms with Crippen molar-refractivity contribution in [1.82, 2.24) is 20.1 Å². The first-order valence-corrected chi connectivity index (χ1v) is 8.48. The number of benzene rings is 1. The van der Waals surface area contributed by atoms with Gasteiger partial charge in [-0.05, 0) is 6.92 Å². The Morgan fingerprint density at radius 1 is 1.36 bits per heavy atom. The number of thioether (sulfide) groups is 1. The van der Waals surface area contributed by atoms with Crippen molar-refractivity contribution in [2.24, 2.45) is 0 Å². The van der Waals surface area contributed by atoms with E-state index in [9.17, 15) is 19.7 Å². The molecule has 9 nitrogen and oxygen atoms in total. The number of hydrogen-bond acceptors (Lipinski definition) is 7. The molecule has 0 saturated carbocycles. The lowest BCUT2D eigenvalue weighted by Crippen LogP contribution is -2.21. The van der Waals surface area contributed by atoms with Gasteiger partial charge in [-0.25, -0.2) is 0 Å². The van der Waals surface area contributed by atoms with Gasteiger partial charge in [0.25, 0.3) is 5.69 Å². The van der Waals surface area contributed by atoms with E-state index in [0.29, 0.717) is 17.5 Å². The fraction of sp³-hybridized carbons (Fsp3) is 0.333. The Labute approximate surface area is 148 Å². The molecule has 132 valence electrons. The second-order valence-corrected chi connectivity index (χ2v) is 6.01. The molecule has 1 N–H and O–H groups in total. The van der Waals surface area contributed by atoms with Gasteiger partial charge in [0.05, 0.1) is 17.2 Å². The van der Waals surface area contributed by atoms with E-state index in [1.807, 2.05) is 6.92 Å². The lowest BCUT2D eigenvalue weighted by molar-refractivity contribution is -0.384. The molecule has 1 aromatic carbocycles. The molecule has 2 rings (SSSR count). The summed E-state index contributed by atoms with van der Waals surface area (Å²) < 4.78 is 1.81. The lowest BCUT2D eigenvalue weighted by atomic mass is 10.1. The summed E-state index contributed by atoms with van der Waals surface area (Å²) in [5.74, 6) is 0.283. The Balaban J connectivity index is 2.05. The number of non-ortho nitro benzene ring substituents is 1. The van der Waals surface area contributed by atoms with E-state index in [1.165, 1.54) is 36.9 Å². The first-order valence-electron chi connectivity index (χ1n) is 7.49. The van der Waals surface area contributed by atoms with Gasteiger partial charge in [-0.1, -0.05) is 23.9 Å². The SMILES string of the molecule is CCn1c(CNC(C)=O)nnc1SCC(=O)c1cccc([N+](=O)[O-])c1. The van der Waals surface area contributed by atoms with Crippen LogP contribution in [0.4, 0.5) is 5.69 Å². The molecule has 10 heteroatoms. The van der Waals surface area contributed by atoms with Crippen LogP contribution in [0, 0.1) is 10.1 Å². The van der Waals surface area contributed by atoms with Crippen molar-refractivity contribution in [2.45, 2.75) is 32.1 Å². The quantitative estimate of drug-likeness (QED) is 0.329. The molecule has 0 aliphatic heterocycles. The average Bonchev–Trinajstić information content (AvgIpc) is 2.99. The molecule has 0 unspecified atom stereocenters. The molecule has 2 aromatic rings. The summed E-state index contributed by atoms with van der Waals surface area (Å²) in [6, 6.07) is 5.63. The summed E-state index contributed by atoms with van der Waals surface area (Å²) >= 11 is 1.20. The van der Waals surface area contributed by atoms with Gasteiger partial charge in [0.2, 0.25) is 5.91 Å². The van der Waals surface area contributed by atoms with Gasteiger partial charge in [-0.15, -0.1) is 10.2 Å². The standard InChI is InChI=1S/C15H17N5O4S/c1-3-19-14(8-16-10(2)21)17-18-15(19)25-9-13(22)11-5-4-6-12(7-11)20(23)24/h4-7H,3,8-9H2,1-2H3,(H,16,21).